The lowest BCUT2D eigenvalue weighted by molar-refractivity contribution is -0.379. The van der Waals surface area contributed by atoms with Gasteiger partial charge in [0.1, 0.15) is 61.0 Å². The van der Waals surface area contributed by atoms with Crippen LogP contribution in [0.5, 0.6) is 0 Å². The van der Waals surface area contributed by atoms with Crippen LogP contribution < -0.4 is 0 Å². The average molecular weight is 458 g/mol. The summed E-state index contributed by atoms with van der Waals surface area (Å²) in [5.41, 5.74) is 0. The second-order valence-corrected chi connectivity index (χ2v) is 7.87. The molecule has 3 saturated heterocycles. The predicted octanol–water partition coefficient (Wildman–Crippen LogP) is -5.91. The van der Waals surface area contributed by atoms with Crippen LogP contribution in [-0.2, 0) is 23.7 Å². The van der Waals surface area contributed by atoms with E-state index in [1.807, 2.05) is 0 Å². The van der Waals surface area contributed by atoms with E-state index >= 15 is 0 Å². The fourth-order valence-corrected chi connectivity index (χ4v) is 3.66. The van der Waals surface area contributed by atoms with Gasteiger partial charge in [-0.2, -0.15) is 0 Å². The molecule has 9 N–H and O–H groups in total. The molecule has 3 fully saturated rings. The molecule has 182 valence electrons. The van der Waals surface area contributed by atoms with E-state index in [2.05, 4.69) is 0 Å². The third kappa shape index (κ3) is 5.02. The Morgan fingerprint density at radius 3 is 2.03 bits per heavy atom. The standard InChI is InChI=1S/C17H30O14/c1-4-7(19)10(22)13(25)16(28-4)31-14-11(23)8(20)5(2-18)29-17(14)30-6-3-27-15(26)12(24)9(6)21/h4-26H,2-3H2,1H3/t4?,5?,6-,7+,8+,9?,10+,11?,12+,13?,14+,15?,16+,17+/m1/s1. The van der Waals surface area contributed by atoms with Gasteiger partial charge in [0.2, 0.25) is 0 Å². The molecule has 0 saturated carbocycles. The fraction of sp³-hybridized carbons (Fsp3) is 1.00. The van der Waals surface area contributed by atoms with E-state index in [0.717, 1.165) is 0 Å². The SMILES string of the molecule is CC1O[C@@H](O[C@H]2C(O)[C@@H](O)C(CO)O[C@H]2O[C@@H]2COC(O)[C@@H](O)C2O)C(O)[C@@H](O)[C@H]1O. The van der Waals surface area contributed by atoms with Crippen molar-refractivity contribution in [2.45, 2.75) is 92.9 Å². The minimum Gasteiger partial charge on any atom is -0.394 e. The average Bonchev–Trinajstić information content (AvgIpc) is 2.75. The molecular formula is C17H30O14. The first-order chi connectivity index (χ1) is 14.6. The van der Waals surface area contributed by atoms with Crippen LogP contribution in [-0.4, -0.2) is 145 Å². The lowest BCUT2D eigenvalue weighted by Crippen LogP contribution is -2.65. The van der Waals surface area contributed by atoms with E-state index in [0.29, 0.717) is 0 Å². The van der Waals surface area contributed by atoms with Gasteiger partial charge in [-0.05, 0) is 6.92 Å². The summed E-state index contributed by atoms with van der Waals surface area (Å²) in [4.78, 5) is 0. The third-order valence-corrected chi connectivity index (χ3v) is 5.69. The smallest absolute Gasteiger partial charge is 0.187 e. The Balaban J connectivity index is 1.77. The zero-order valence-electron chi connectivity index (χ0n) is 16.6. The molecule has 0 bridgehead atoms. The Bertz CT molecular complexity index is 581. The van der Waals surface area contributed by atoms with Crippen molar-refractivity contribution < 1.29 is 69.6 Å². The summed E-state index contributed by atoms with van der Waals surface area (Å²) >= 11 is 0. The second kappa shape index (κ2) is 10.1. The first kappa shape index (κ1) is 25.1. The maximum absolute atomic E-state index is 10.5. The lowest BCUT2D eigenvalue weighted by Gasteiger charge is -2.47. The van der Waals surface area contributed by atoms with Crippen LogP contribution in [0.3, 0.4) is 0 Å². The molecule has 3 aliphatic rings. The lowest BCUT2D eigenvalue weighted by atomic mass is 9.97. The van der Waals surface area contributed by atoms with Crippen molar-refractivity contribution in [3.63, 3.8) is 0 Å². The summed E-state index contributed by atoms with van der Waals surface area (Å²) in [6, 6.07) is 0. The van der Waals surface area contributed by atoms with Crippen LogP contribution in [0.15, 0.2) is 0 Å². The Morgan fingerprint density at radius 2 is 1.39 bits per heavy atom. The number of aliphatic hydroxyl groups excluding tert-OH is 9. The molecule has 0 aliphatic carbocycles. The van der Waals surface area contributed by atoms with Crippen molar-refractivity contribution in [3.05, 3.63) is 0 Å². The van der Waals surface area contributed by atoms with Crippen LogP contribution in [0.1, 0.15) is 6.92 Å². The van der Waals surface area contributed by atoms with Gasteiger partial charge in [0.05, 0.1) is 19.3 Å². The first-order valence-corrected chi connectivity index (χ1v) is 9.85. The van der Waals surface area contributed by atoms with Gasteiger partial charge < -0.3 is 69.6 Å². The van der Waals surface area contributed by atoms with E-state index in [-0.39, 0.29) is 6.61 Å². The van der Waals surface area contributed by atoms with Gasteiger partial charge >= 0.3 is 0 Å². The molecule has 3 heterocycles. The molecule has 0 radical (unpaired) electrons. The summed E-state index contributed by atoms with van der Waals surface area (Å²) in [6.07, 6.45) is -21.3. The van der Waals surface area contributed by atoms with Gasteiger partial charge in [-0.1, -0.05) is 0 Å². The van der Waals surface area contributed by atoms with Crippen molar-refractivity contribution >= 4 is 0 Å². The van der Waals surface area contributed by atoms with E-state index < -0.39 is 92.6 Å². The maximum atomic E-state index is 10.5. The zero-order valence-corrected chi connectivity index (χ0v) is 16.6. The predicted molar refractivity (Wildman–Crippen MR) is 93.8 cm³/mol. The highest BCUT2D eigenvalue weighted by Crippen LogP contribution is 2.31. The highest BCUT2D eigenvalue weighted by atomic mass is 16.8. The molecular weight excluding hydrogens is 428 g/mol. The summed E-state index contributed by atoms with van der Waals surface area (Å²) in [5.74, 6) is 0. The first-order valence-electron chi connectivity index (χ1n) is 9.85. The van der Waals surface area contributed by atoms with E-state index in [1.165, 1.54) is 6.92 Å². The van der Waals surface area contributed by atoms with Crippen molar-refractivity contribution in [2.75, 3.05) is 13.2 Å². The van der Waals surface area contributed by atoms with Crippen LogP contribution in [0.25, 0.3) is 0 Å². The molecule has 0 aromatic carbocycles. The quantitative estimate of drug-likeness (QED) is 0.187. The Labute approximate surface area is 176 Å². The van der Waals surface area contributed by atoms with Crippen molar-refractivity contribution in [1.82, 2.24) is 0 Å². The van der Waals surface area contributed by atoms with Crippen molar-refractivity contribution in [2.24, 2.45) is 0 Å². The van der Waals surface area contributed by atoms with Crippen LogP contribution in [0.2, 0.25) is 0 Å². The minimum atomic E-state index is -1.73. The van der Waals surface area contributed by atoms with Gasteiger partial charge in [0, 0.05) is 0 Å². The number of aliphatic hydroxyl groups is 9. The fourth-order valence-electron chi connectivity index (χ4n) is 3.66. The largest absolute Gasteiger partial charge is 0.394 e. The molecule has 0 aromatic rings. The summed E-state index contributed by atoms with van der Waals surface area (Å²) in [6.45, 7) is 0.330. The Hall–Kier alpha value is -0.560. The molecule has 14 atom stereocenters. The van der Waals surface area contributed by atoms with Gasteiger partial charge in [0.25, 0.3) is 0 Å². The molecule has 3 aliphatic heterocycles. The minimum absolute atomic E-state index is 0.376. The number of hydrogen-bond donors (Lipinski definition) is 9. The van der Waals surface area contributed by atoms with Gasteiger partial charge in [-0.25, -0.2) is 0 Å². The number of ether oxygens (including phenoxy) is 5. The molecule has 0 amide bonds. The molecule has 31 heavy (non-hydrogen) atoms. The number of rotatable bonds is 5. The van der Waals surface area contributed by atoms with Crippen LogP contribution in [0.4, 0.5) is 0 Å². The van der Waals surface area contributed by atoms with Gasteiger partial charge in [0.15, 0.2) is 18.9 Å². The van der Waals surface area contributed by atoms with E-state index in [4.69, 9.17) is 23.7 Å². The molecule has 6 unspecified atom stereocenters. The number of hydrogen-bond acceptors (Lipinski definition) is 14. The summed E-state index contributed by atoms with van der Waals surface area (Å²) in [5, 5.41) is 89.4. The van der Waals surface area contributed by atoms with Crippen LogP contribution >= 0.6 is 0 Å². The topological polar surface area (TPSA) is 228 Å². The molecule has 3 rings (SSSR count). The zero-order chi connectivity index (χ0) is 23.0. The summed E-state index contributed by atoms with van der Waals surface area (Å²) < 4.78 is 26.7. The monoisotopic (exact) mass is 458 g/mol. The van der Waals surface area contributed by atoms with Gasteiger partial charge in [-0.3, -0.25) is 0 Å². The molecule has 0 spiro atoms. The third-order valence-electron chi connectivity index (χ3n) is 5.69. The molecule has 0 aromatic heterocycles. The van der Waals surface area contributed by atoms with E-state index in [1.54, 1.807) is 0 Å². The van der Waals surface area contributed by atoms with Crippen molar-refractivity contribution in [3.8, 4) is 0 Å². The maximum Gasteiger partial charge on any atom is 0.187 e. The summed E-state index contributed by atoms with van der Waals surface area (Å²) in [7, 11) is 0. The normalized spacial score (nSPS) is 54.0. The van der Waals surface area contributed by atoms with Crippen molar-refractivity contribution in [1.29, 1.82) is 0 Å². The van der Waals surface area contributed by atoms with E-state index in [9.17, 15) is 46.0 Å². The Morgan fingerprint density at radius 1 is 0.710 bits per heavy atom. The highest BCUT2D eigenvalue weighted by molar-refractivity contribution is 4.94. The Kier molecular flexibility index (Phi) is 8.21. The second-order valence-electron chi connectivity index (χ2n) is 7.87. The van der Waals surface area contributed by atoms with Crippen LogP contribution in [0, 0.1) is 0 Å². The molecule has 14 heteroatoms. The molecule has 14 nitrogen and oxygen atoms in total. The highest BCUT2D eigenvalue weighted by Gasteiger charge is 2.52. The van der Waals surface area contributed by atoms with Gasteiger partial charge in [-0.15, -0.1) is 0 Å².